The van der Waals surface area contributed by atoms with Crippen molar-refractivity contribution in [3.05, 3.63) is 54.6 Å². The lowest BCUT2D eigenvalue weighted by Gasteiger charge is -2.04. The van der Waals surface area contributed by atoms with Crippen LogP contribution in [0.2, 0.25) is 0 Å². The first-order valence-corrected chi connectivity index (χ1v) is 5.79. The molecule has 0 aliphatic heterocycles. The smallest absolute Gasteiger partial charge is 0.0485 e. The van der Waals surface area contributed by atoms with Gasteiger partial charge < -0.3 is 0 Å². The normalized spacial score (nSPS) is 11.0. The Morgan fingerprint density at radius 3 is 2.13 bits per heavy atom. The second kappa shape index (κ2) is 3.21. The molecule has 3 aromatic carbocycles. The summed E-state index contributed by atoms with van der Waals surface area (Å²) in [6.07, 6.45) is 0. The van der Waals surface area contributed by atoms with Gasteiger partial charge in [0.05, 0.1) is 0 Å². The van der Waals surface area contributed by atoms with Gasteiger partial charge in [0, 0.05) is 10.2 Å². The van der Waals surface area contributed by atoms with Crippen molar-refractivity contribution in [1.82, 2.24) is 0 Å². The van der Waals surface area contributed by atoms with E-state index in [1.807, 2.05) is 10.2 Å². The predicted octanol–water partition coefficient (Wildman–Crippen LogP) is 2.25. The van der Waals surface area contributed by atoms with Crippen LogP contribution in [0.1, 0.15) is 0 Å². The van der Waals surface area contributed by atoms with E-state index in [1.165, 1.54) is 26.7 Å². The first-order valence-electron chi connectivity index (χ1n) is 5.08. The Hall–Kier alpha value is -1.60. The molecule has 3 aromatic rings. The van der Waals surface area contributed by atoms with E-state index in [4.69, 9.17) is 0 Å². The molecule has 0 atom stereocenters. The second-order valence-electron chi connectivity index (χ2n) is 3.84. The van der Waals surface area contributed by atoms with Crippen molar-refractivity contribution in [2.75, 3.05) is 0 Å². The van der Waals surface area contributed by atoms with E-state index in [1.54, 1.807) is 0 Å². The number of benzene rings is 3. The molecule has 0 aromatic heterocycles. The molecule has 0 saturated heterocycles. The molecule has 0 fully saturated rings. The van der Waals surface area contributed by atoms with Gasteiger partial charge in [-0.25, -0.2) is 0 Å². The third kappa shape index (κ3) is 1.36. The summed E-state index contributed by atoms with van der Waals surface area (Å²) in [5.74, 6) is 0. The van der Waals surface area contributed by atoms with Crippen LogP contribution < -0.4 is 5.19 Å². The summed E-state index contributed by atoms with van der Waals surface area (Å²) in [5.41, 5.74) is 0. The molecule has 1 heteroatoms. The van der Waals surface area contributed by atoms with Gasteiger partial charge in [0.2, 0.25) is 0 Å². The molecular formula is C14H11Si. The highest BCUT2D eigenvalue weighted by molar-refractivity contribution is 6.39. The van der Waals surface area contributed by atoms with Gasteiger partial charge in [0.1, 0.15) is 0 Å². The molecule has 0 N–H and O–H groups in total. The Bertz CT molecular complexity index is 641. The van der Waals surface area contributed by atoms with Crippen LogP contribution in [0.4, 0.5) is 0 Å². The van der Waals surface area contributed by atoms with Crippen molar-refractivity contribution in [3.63, 3.8) is 0 Å². The molecule has 1 radical (unpaired) electrons. The highest BCUT2D eigenvalue weighted by Gasteiger charge is 1.98. The first kappa shape index (κ1) is 8.68. The van der Waals surface area contributed by atoms with E-state index in [2.05, 4.69) is 54.6 Å². The van der Waals surface area contributed by atoms with Crippen molar-refractivity contribution in [1.29, 1.82) is 0 Å². The summed E-state index contributed by atoms with van der Waals surface area (Å²) < 4.78 is 0. The van der Waals surface area contributed by atoms with Crippen molar-refractivity contribution in [3.8, 4) is 0 Å². The Morgan fingerprint density at radius 2 is 1.33 bits per heavy atom. The van der Waals surface area contributed by atoms with E-state index in [0.29, 0.717) is 0 Å². The number of fused-ring (bicyclic) bond motifs is 2. The van der Waals surface area contributed by atoms with Gasteiger partial charge in [-0.05, 0) is 33.7 Å². The largest absolute Gasteiger partial charge is 0.0633 e. The van der Waals surface area contributed by atoms with Crippen LogP contribution in [-0.2, 0) is 0 Å². The number of hydrogen-bond acceptors (Lipinski definition) is 0. The zero-order valence-electron chi connectivity index (χ0n) is 8.40. The maximum absolute atomic E-state index is 2.28. The Balaban J connectivity index is 2.53. The highest BCUT2D eigenvalue weighted by Crippen LogP contribution is 2.20. The van der Waals surface area contributed by atoms with Crippen LogP contribution in [0.5, 0.6) is 0 Å². The van der Waals surface area contributed by atoms with Gasteiger partial charge in [0.15, 0.2) is 0 Å². The quantitative estimate of drug-likeness (QED) is 0.392. The fraction of sp³-hybridized carbons (Fsp3) is 0. The van der Waals surface area contributed by atoms with E-state index in [9.17, 15) is 0 Å². The minimum absolute atomic E-state index is 1.32. The minimum Gasteiger partial charge on any atom is -0.0633 e. The van der Waals surface area contributed by atoms with E-state index in [-0.39, 0.29) is 0 Å². The molecule has 0 spiro atoms. The predicted molar refractivity (Wildman–Crippen MR) is 69.6 cm³/mol. The average Bonchev–Trinajstić information content (AvgIpc) is 2.27. The van der Waals surface area contributed by atoms with Crippen LogP contribution >= 0.6 is 0 Å². The lowest BCUT2D eigenvalue weighted by atomic mass is 10.0. The summed E-state index contributed by atoms with van der Waals surface area (Å²) in [5, 5.41) is 6.72. The molecule has 0 amide bonds. The standard InChI is InChI=1S/C14H11Si/c15-14-7-3-6-12-8-10-4-1-2-5-11(10)9-13(12)14/h1-9H,15H2. The second-order valence-corrected chi connectivity index (χ2v) is 4.60. The van der Waals surface area contributed by atoms with Crippen LogP contribution in [-0.4, -0.2) is 10.2 Å². The van der Waals surface area contributed by atoms with E-state index >= 15 is 0 Å². The third-order valence-electron chi connectivity index (χ3n) is 2.84. The fourth-order valence-electron chi connectivity index (χ4n) is 2.03. The van der Waals surface area contributed by atoms with Gasteiger partial charge in [-0.3, -0.25) is 0 Å². The number of rotatable bonds is 0. The molecule has 0 unspecified atom stereocenters. The minimum atomic E-state index is 1.32. The van der Waals surface area contributed by atoms with Gasteiger partial charge in [0.25, 0.3) is 0 Å². The molecule has 0 heterocycles. The summed E-state index contributed by atoms with van der Waals surface area (Å²) in [6, 6.07) is 19.5. The monoisotopic (exact) mass is 207 g/mol. The number of hydrogen-bond donors (Lipinski definition) is 0. The van der Waals surface area contributed by atoms with Gasteiger partial charge in [-0.1, -0.05) is 47.7 Å². The van der Waals surface area contributed by atoms with Crippen molar-refractivity contribution in [2.24, 2.45) is 0 Å². The highest BCUT2D eigenvalue weighted by atomic mass is 28.1. The SMILES string of the molecule is [SiH2]c1cccc2cc3ccccc3cc12. The molecule has 0 saturated carbocycles. The maximum Gasteiger partial charge on any atom is 0.0485 e. The Kier molecular flexibility index (Phi) is 1.86. The van der Waals surface area contributed by atoms with Gasteiger partial charge in [-0.15, -0.1) is 0 Å². The van der Waals surface area contributed by atoms with Crippen molar-refractivity contribution >= 4 is 37.0 Å². The van der Waals surface area contributed by atoms with E-state index < -0.39 is 0 Å². The molecule has 3 rings (SSSR count). The van der Waals surface area contributed by atoms with Crippen LogP contribution in [0, 0.1) is 0 Å². The summed E-state index contributed by atoms with van der Waals surface area (Å²) in [7, 11) is 1.95. The summed E-state index contributed by atoms with van der Waals surface area (Å²) >= 11 is 0. The van der Waals surface area contributed by atoms with Crippen LogP contribution in [0.3, 0.4) is 0 Å². The van der Waals surface area contributed by atoms with Crippen molar-refractivity contribution < 1.29 is 0 Å². The lowest BCUT2D eigenvalue weighted by Crippen LogP contribution is -2.02. The average molecular weight is 207 g/mol. The molecule has 0 aliphatic carbocycles. The Morgan fingerprint density at radius 1 is 0.667 bits per heavy atom. The zero-order valence-corrected chi connectivity index (χ0v) is 9.82. The van der Waals surface area contributed by atoms with Crippen molar-refractivity contribution in [2.45, 2.75) is 0 Å². The van der Waals surface area contributed by atoms with Crippen LogP contribution in [0.25, 0.3) is 21.5 Å². The topological polar surface area (TPSA) is 0 Å². The van der Waals surface area contributed by atoms with Crippen LogP contribution in [0.15, 0.2) is 54.6 Å². The summed E-state index contributed by atoms with van der Waals surface area (Å²) in [4.78, 5) is 0. The molecular weight excluding hydrogens is 196 g/mol. The lowest BCUT2D eigenvalue weighted by molar-refractivity contribution is 1.79. The van der Waals surface area contributed by atoms with Gasteiger partial charge in [-0.2, -0.15) is 0 Å². The zero-order chi connectivity index (χ0) is 10.3. The fourth-order valence-corrected chi connectivity index (χ4v) is 2.47. The molecule has 0 aliphatic rings. The summed E-state index contributed by atoms with van der Waals surface area (Å²) in [6.45, 7) is 0. The Labute approximate surface area is 92.0 Å². The molecule has 15 heavy (non-hydrogen) atoms. The maximum atomic E-state index is 2.28. The molecule has 0 nitrogen and oxygen atoms in total. The van der Waals surface area contributed by atoms with E-state index in [0.717, 1.165) is 0 Å². The first-order chi connectivity index (χ1) is 7.34. The van der Waals surface area contributed by atoms with Gasteiger partial charge >= 0.3 is 0 Å². The molecule has 0 bridgehead atoms. The molecule has 71 valence electrons. The third-order valence-corrected chi connectivity index (χ3v) is 3.45.